The Morgan fingerprint density at radius 3 is 1.98 bits per heavy atom. The van der Waals surface area contributed by atoms with Crippen LogP contribution in [0.2, 0.25) is 5.31 Å². The van der Waals surface area contributed by atoms with E-state index in [1.165, 1.54) is 0 Å². The minimum atomic E-state index is -1.20. The van der Waals surface area contributed by atoms with Gasteiger partial charge in [0.05, 0.1) is 50.5 Å². The van der Waals surface area contributed by atoms with Crippen LogP contribution in [0.25, 0.3) is 0 Å². The van der Waals surface area contributed by atoms with E-state index in [9.17, 15) is 43.5 Å². The lowest BCUT2D eigenvalue weighted by Gasteiger charge is -2.40. The summed E-state index contributed by atoms with van der Waals surface area (Å²) >= 11 is 1.75. The minimum absolute atomic E-state index is 0.00184. The molecule has 12 atom stereocenters. The molecule has 7 amide bonds. The number of likely N-dealkylation sites (N-methyl/N-ethyl adjacent to an activating group) is 2. The van der Waals surface area contributed by atoms with Gasteiger partial charge in [0.2, 0.25) is 42.4 Å². The lowest BCUT2D eigenvalue weighted by molar-refractivity contribution is -0.145. The summed E-state index contributed by atoms with van der Waals surface area (Å²) in [5, 5.41) is 52.5. The number of amides is 7. The minimum Gasteiger partial charge on any atom is -0.396 e. The molecule has 0 aromatic rings. The van der Waals surface area contributed by atoms with Crippen molar-refractivity contribution in [2.24, 2.45) is 29.6 Å². The van der Waals surface area contributed by atoms with Crippen molar-refractivity contribution in [3.63, 3.8) is 0 Å². The van der Waals surface area contributed by atoms with Gasteiger partial charge in [-0.1, -0.05) is 113 Å². The molecule has 0 saturated carbocycles. The summed E-state index contributed by atoms with van der Waals surface area (Å²) < 4.78 is 5.74. The number of hydrogen-bond donors (Lipinski definition) is 10. The van der Waals surface area contributed by atoms with E-state index in [1.807, 2.05) is 46.4 Å². The normalized spacial score (nSPS) is 18.1. The number of aldehydes is 1. The van der Waals surface area contributed by atoms with Gasteiger partial charge in [0.1, 0.15) is 24.5 Å². The van der Waals surface area contributed by atoms with Gasteiger partial charge < -0.3 is 81.5 Å². The van der Waals surface area contributed by atoms with E-state index in [0.717, 1.165) is 82.2 Å². The molecule has 538 valence electrons. The average Bonchev–Trinajstić information content (AvgIpc) is 1.72. The number of ether oxygens (including phenoxy) is 1. The highest BCUT2D eigenvalue weighted by Crippen LogP contribution is 2.49. The first-order valence-electron chi connectivity index (χ1n) is 34.0. The van der Waals surface area contributed by atoms with Crippen LogP contribution in [0.15, 0.2) is 24.6 Å². The van der Waals surface area contributed by atoms with Crippen molar-refractivity contribution >= 4 is 68.3 Å². The molecule has 4 unspecified atom stereocenters. The summed E-state index contributed by atoms with van der Waals surface area (Å²) in [6, 6.07) is -0.934. The number of nitrogens with one attached hydrogen (secondary N) is 6. The fourth-order valence-electron chi connectivity index (χ4n) is 11.2. The Morgan fingerprint density at radius 2 is 1.49 bits per heavy atom. The first kappa shape index (κ1) is 90.4. The van der Waals surface area contributed by atoms with Gasteiger partial charge in [0, 0.05) is 107 Å². The number of methoxy groups -OCH3 is 1. The van der Waals surface area contributed by atoms with E-state index < -0.39 is 47.9 Å². The number of aliphatic hydroxyl groups excluding tert-OH is 4. The highest BCUT2D eigenvalue weighted by molar-refractivity contribution is 7.99. The van der Waals surface area contributed by atoms with E-state index >= 15 is 0 Å². The second kappa shape index (κ2) is 49.8. The Bertz CT molecular complexity index is 2150. The Hall–Kier alpha value is -4.63. The molecule has 2 fully saturated rings. The zero-order valence-corrected chi connectivity index (χ0v) is 61.3. The smallest absolute Gasteiger partial charge is 0.245 e. The Balaban J connectivity index is 0. The molecular weight excluding hydrogens is 1210 g/mol. The van der Waals surface area contributed by atoms with Crippen LogP contribution >= 0.6 is 11.8 Å². The average molecular weight is 1340 g/mol. The molecule has 2 saturated heterocycles. The van der Waals surface area contributed by atoms with Gasteiger partial charge in [-0.15, -0.1) is 11.8 Å². The van der Waals surface area contributed by atoms with Gasteiger partial charge in [0.25, 0.3) is 0 Å². The Labute approximate surface area is 566 Å². The van der Waals surface area contributed by atoms with Gasteiger partial charge in [-0.2, -0.15) is 0 Å². The largest absolute Gasteiger partial charge is 0.396 e. The zero-order valence-electron chi connectivity index (χ0n) is 60.5. The Kier molecular flexibility index (Phi) is 48.5. The molecule has 0 bridgehead atoms. The van der Waals surface area contributed by atoms with E-state index in [4.69, 9.17) is 27.9 Å². The molecule has 2 radical (unpaired) electrons. The summed E-state index contributed by atoms with van der Waals surface area (Å²) in [7, 11) is 13.7. The molecular formula is C68H129BN10O13S. The first-order chi connectivity index (χ1) is 43.7. The van der Waals surface area contributed by atoms with Crippen LogP contribution in [0.1, 0.15) is 187 Å². The SMILES string of the molecule is CC(C)C(C)N(C)CCSCNC=O.CC[C@H](C)[C@@H]([C@@H](CC(=O)N1CCC[C@H]1C)OC)N(C)C(=O)[C@@H](NC=O)C(C)C.CNCC(O)C(O)[C@H](O)CCO.[B]C(CC)(CC)C1CC(=O)N(CCCCCC(=O)N[C@@H](CCC=O)C(=C)N[C@H](C(=O)NC(C)C)C(C)C)C1=C. The number of carbonyl (C=O) groups is 8. The van der Waals surface area contributed by atoms with Crippen LogP contribution in [-0.2, 0) is 43.1 Å². The number of allylic oxidation sites excluding steroid dienone is 1. The second-order valence-corrected chi connectivity index (χ2v) is 27.5. The molecule has 23 nitrogen and oxygen atoms in total. The predicted octanol–water partition coefficient (Wildman–Crippen LogP) is 5.29. The van der Waals surface area contributed by atoms with Gasteiger partial charge in [-0.25, -0.2) is 0 Å². The molecule has 0 aromatic carbocycles. The number of aliphatic hydroxyl groups is 4. The van der Waals surface area contributed by atoms with E-state index in [0.29, 0.717) is 62.2 Å². The lowest BCUT2D eigenvalue weighted by Crippen LogP contribution is -2.56. The molecule has 25 heteroatoms. The van der Waals surface area contributed by atoms with Crippen molar-refractivity contribution in [1.82, 2.24) is 51.5 Å². The monoisotopic (exact) mass is 1340 g/mol. The summed E-state index contributed by atoms with van der Waals surface area (Å²) in [5.41, 5.74) is 1.33. The van der Waals surface area contributed by atoms with Crippen LogP contribution in [0.3, 0.4) is 0 Å². The van der Waals surface area contributed by atoms with Gasteiger partial charge >= 0.3 is 0 Å². The van der Waals surface area contributed by atoms with Crippen LogP contribution in [-0.4, -0.2) is 236 Å². The molecule has 0 aliphatic carbocycles. The third kappa shape index (κ3) is 33.7. The number of hydrogen-bond acceptors (Lipinski definition) is 17. The number of nitrogens with zero attached hydrogens (tertiary/aromatic N) is 4. The number of unbranched alkanes of at least 4 members (excludes halogenated alkanes) is 2. The van der Waals surface area contributed by atoms with E-state index in [2.05, 4.69) is 112 Å². The topological polar surface area (TPSA) is 312 Å². The van der Waals surface area contributed by atoms with E-state index in [1.54, 1.807) is 42.8 Å². The number of carbonyl (C=O) groups excluding carboxylic acids is 8. The maximum absolute atomic E-state index is 13.1. The van der Waals surface area contributed by atoms with Crippen molar-refractivity contribution in [2.75, 3.05) is 72.7 Å². The van der Waals surface area contributed by atoms with Crippen molar-refractivity contribution in [3.05, 3.63) is 24.6 Å². The third-order valence-corrected chi connectivity index (χ3v) is 18.9. The molecule has 0 aromatic heterocycles. The van der Waals surface area contributed by atoms with Crippen LogP contribution in [0, 0.1) is 29.6 Å². The molecule has 2 rings (SSSR count). The lowest BCUT2D eigenvalue weighted by atomic mass is 9.56. The van der Waals surface area contributed by atoms with Crippen molar-refractivity contribution in [3.8, 4) is 0 Å². The third-order valence-electron chi connectivity index (χ3n) is 18.1. The summed E-state index contributed by atoms with van der Waals surface area (Å²) in [4.78, 5) is 104. The molecule has 10 N–H and O–H groups in total. The molecule has 2 aliphatic rings. The maximum atomic E-state index is 13.1. The van der Waals surface area contributed by atoms with Crippen molar-refractivity contribution in [1.29, 1.82) is 0 Å². The number of likely N-dealkylation sites (tertiary alicyclic amines) is 2. The van der Waals surface area contributed by atoms with Gasteiger partial charge in [-0.05, 0) is 104 Å². The standard InChI is InChI=1S/C30H51BN4O4.C21H39N3O4.C10H22N2OS.C7H17NO4/c1-9-30(31,10-2)24-19-27(38)35(23(24)8)17-13-11-12-16-26(37)34-25(15-14-18-36)22(7)33-28(20(3)4)29(39)32-21(5)6;1-8-15(4)20(23(6)21(27)19(14(2)3)22-13-25)17(28-7)12-18(26)24-11-9-10-16(24)5;1-9(2)10(3)12(4)5-6-14-8-11-7-13;1-8-4-6(11)7(12)5(10)2-3-9/h18,20-21,24-25,28,33H,7-17,19H2,1-6H3,(H,32,39)(H,34,37);13-17,19-20H,8-12H2,1-7H3,(H,22,25);7,9-10H,5-6,8H2,1-4H3,(H,11,13);5-12H,2-4H2,1H3/t24?,25-,28-;15-,16+,17+,19-,20-;;5-,6?,7?/m00.1/s1. The van der Waals surface area contributed by atoms with E-state index in [-0.39, 0.29) is 104 Å². The van der Waals surface area contributed by atoms with Crippen LogP contribution < -0.4 is 31.9 Å². The molecule has 2 aliphatic heterocycles. The number of rotatable bonds is 44. The molecule has 0 spiro atoms. The maximum Gasteiger partial charge on any atom is 0.245 e. The van der Waals surface area contributed by atoms with Crippen LogP contribution in [0.4, 0.5) is 0 Å². The fraction of sp³-hybridized carbons (Fsp3) is 0.824. The predicted molar refractivity (Wildman–Crippen MR) is 375 cm³/mol. The highest BCUT2D eigenvalue weighted by Gasteiger charge is 2.43. The zero-order chi connectivity index (χ0) is 71.7. The van der Waals surface area contributed by atoms with Gasteiger partial charge in [0.15, 0.2) is 0 Å². The van der Waals surface area contributed by atoms with Gasteiger partial charge in [-0.3, -0.25) is 33.6 Å². The highest BCUT2D eigenvalue weighted by atomic mass is 32.2. The second-order valence-electron chi connectivity index (χ2n) is 26.4. The fourth-order valence-corrected chi connectivity index (χ4v) is 12.0. The number of thioether (sulfide) groups is 1. The van der Waals surface area contributed by atoms with Crippen molar-refractivity contribution in [2.45, 2.75) is 259 Å². The quantitative estimate of drug-likeness (QED) is 0.0160. The van der Waals surface area contributed by atoms with Crippen molar-refractivity contribution < 1.29 is 63.5 Å². The molecule has 2 heterocycles. The molecule has 93 heavy (non-hydrogen) atoms. The summed E-state index contributed by atoms with van der Waals surface area (Å²) in [6.45, 7) is 39.2. The summed E-state index contributed by atoms with van der Waals surface area (Å²) in [5.74, 6) is 2.29. The first-order valence-corrected chi connectivity index (χ1v) is 35.2. The van der Waals surface area contributed by atoms with Crippen LogP contribution in [0.5, 0.6) is 0 Å². The summed E-state index contributed by atoms with van der Waals surface area (Å²) in [6.07, 6.45) is 6.90. The Morgan fingerprint density at radius 1 is 0.871 bits per heavy atom.